The van der Waals surface area contributed by atoms with Crippen molar-refractivity contribution in [1.82, 2.24) is 4.98 Å². The summed E-state index contributed by atoms with van der Waals surface area (Å²) in [6.07, 6.45) is 2.37. The highest BCUT2D eigenvalue weighted by molar-refractivity contribution is 7.89. The maximum Gasteiger partial charge on any atom is 0.274 e. The minimum atomic E-state index is -3.25. The molecule has 8 heteroatoms. The number of nitrogens with zero attached hydrogens (tertiary/aromatic N) is 1. The number of anilines is 1. The fourth-order valence-corrected chi connectivity index (χ4v) is 2.65. The van der Waals surface area contributed by atoms with Gasteiger partial charge in [-0.3, -0.25) is 4.79 Å². The van der Waals surface area contributed by atoms with Crippen LogP contribution in [0.2, 0.25) is 5.02 Å². The Labute approximate surface area is 132 Å². The van der Waals surface area contributed by atoms with Crippen LogP contribution in [0, 0.1) is 5.82 Å². The van der Waals surface area contributed by atoms with Gasteiger partial charge >= 0.3 is 0 Å². The minimum absolute atomic E-state index is 0.0565. The first kappa shape index (κ1) is 16.4. The number of hydrogen-bond acceptors (Lipinski definition) is 4. The average molecular weight is 343 g/mol. The van der Waals surface area contributed by atoms with Crippen molar-refractivity contribution in [2.75, 3.05) is 11.6 Å². The molecule has 5 nitrogen and oxygen atoms in total. The summed E-state index contributed by atoms with van der Waals surface area (Å²) in [6, 6.07) is 6.73. The molecule has 0 saturated heterocycles. The van der Waals surface area contributed by atoms with Crippen LogP contribution in [0.25, 0.3) is 0 Å². The molecule has 1 heterocycles. The molecule has 0 spiro atoms. The summed E-state index contributed by atoms with van der Waals surface area (Å²) in [7, 11) is -3.25. The lowest BCUT2D eigenvalue weighted by Gasteiger charge is -2.07. The van der Waals surface area contributed by atoms with Gasteiger partial charge in [0.05, 0.1) is 16.5 Å². The summed E-state index contributed by atoms with van der Waals surface area (Å²) in [5.41, 5.74) is 0.339. The topological polar surface area (TPSA) is 76.1 Å². The molecule has 0 bridgehead atoms. The van der Waals surface area contributed by atoms with Gasteiger partial charge in [-0.1, -0.05) is 17.7 Å². The van der Waals surface area contributed by atoms with Crippen LogP contribution >= 0.6 is 11.6 Å². The lowest BCUT2D eigenvalue weighted by molar-refractivity contribution is 0.102. The van der Waals surface area contributed by atoms with Crippen LogP contribution in [-0.4, -0.2) is 25.6 Å². The second-order valence-corrected chi connectivity index (χ2v) is 7.28. The number of rotatable bonds is 4. The van der Waals surface area contributed by atoms with E-state index in [4.69, 9.17) is 11.6 Å². The molecule has 22 heavy (non-hydrogen) atoms. The highest BCUT2D eigenvalue weighted by Crippen LogP contribution is 2.18. The number of halogens is 2. The van der Waals surface area contributed by atoms with E-state index in [-0.39, 0.29) is 17.1 Å². The molecule has 0 aliphatic heterocycles. The Balaban J connectivity index is 2.16. The smallest absolute Gasteiger partial charge is 0.274 e. The molecule has 1 aromatic carbocycles. The molecule has 2 aromatic rings. The van der Waals surface area contributed by atoms with Gasteiger partial charge in [-0.25, -0.2) is 17.8 Å². The van der Waals surface area contributed by atoms with E-state index in [0.29, 0.717) is 10.6 Å². The number of benzene rings is 1. The number of pyridine rings is 1. The summed E-state index contributed by atoms with van der Waals surface area (Å²) < 4.78 is 36.3. The maximum absolute atomic E-state index is 13.9. The van der Waals surface area contributed by atoms with E-state index in [2.05, 4.69) is 10.3 Å². The summed E-state index contributed by atoms with van der Waals surface area (Å²) in [4.78, 5) is 15.7. The van der Waals surface area contributed by atoms with Crippen molar-refractivity contribution in [3.8, 4) is 0 Å². The second-order valence-electron chi connectivity index (χ2n) is 4.70. The Bertz CT molecular complexity index is 807. The standard InChI is InChI=1S/C14H12ClFN2O3S/c1-22(20,21)8-9-2-4-12(11(16)6-9)18-14(19)13-5-3-10(15)7-17-13/h2-7H,8H2,1H3,(H,18,19). The van der Waals surface area contributed by atoms with E-state index < -0.39 is 21.6 Å². The summed E-state index contributed by atoms with van der Waals surface area (Å²) >= 11 is 5.67. The third-order valence-corrected chi connectivity index (χ3v) is 3.75. The Morgan fingerprint density at radius 1 is 1.32 bits per heavy atom. The van der Waals surface area contributed by atoms with Crippen molar-refractivity contribution in [2.24, 2.45) is 0 Å². The second kappa shape index (κ2) is 6.41. The van der Waals surface area contributed by atoms with E-state index in [0.717, 1.165) is 12.3 Å². The quantitative estimate of drug-likeness (QED) is 0.926. The monoisotopic (exact) mass is 342 g/mol. The largest absolute Gasteiger partial charge is 0.318 e. The molecule has 0 fully saturated rings. The van der Waals surface area contributed by atoms with E-state index in [1.54, 1.807) is 0 Å². The van der Waals surface area contributed by atoms with E-state index in [1.807, 2.05) is 0 Å². The lowest BCUT2D eigenvalue weighted by atomic mass is 10.2. The van der Waals surface area contributed by atoms with E-state index >= 15 is 0 Å². The summed E-state index contributed by atoms with van der Waals surface area (Å²) in [5, 5.41) is 2.75. The number of amides is 1. The predicted octanol–water partition coefficient (Wildman–Crippen LogP) is 2.67. The Morgan fingerprint density at radius 2 is 2.05 bits per heavy atom. The Kier molecular flexibility index (Phi) is 4.77. The van der Waals surface area contributed by atoms with Crippen LogP contribution in [0.15, 0.2) is 36.5 Å². The van der Waals surface area contributed by atoms with Gasteiger partial charge < -0.3 is 5.32 Å². The highest BCUT2D eigenvalue weighted by Gasteiger charge is 2.12. The summed E-state index contributed by atoms with van der Waals surface area (Å²) in [5.74, 6) is -1.58. The van der Waals surface area contributed by atoms with Crippen LogP contribution in [0.5, 0.6) is 0 Å². The molecule has 1 amide bonds. The van der Waals surface area contributed by atoms with Gasteiger partial charge in [-0.15, -0.1) is 0 Å². The van der Waals surface area contributed by atoms with Gasteiger partial charge in [0.15, 0.2) is 9.84 Å². The molecule has 0 unspecified atom stereocenters. The third kappa shape index (κ3) is 4.51. The van der Waals surface area contributed by atoms with Crippen LogP contribution in [0.3, 0.4) is 0 Å². The van der Waals surface area contributed by atoms with Gasteiger partial charge in [0.2, 0.25) is 0 Å². The third-order valence-electron chi connectivity index (χ3n) is 2.67. The zero-order chi connectivity index (χ0) is 16.3. The van der Waals surface area contributed by atoms with E-state index in [1.165, 1.54) is 30.5 Å². The number of nitrogens with one attached hydrogen (secondary N) is 1. The molecule has 1 aromatic heterocycles. The Hall–Kier alpha value is -1.99. The van der Waals surface area contributed by atoms with Crippen molar-refractivity contribution in [2.45, 2.75) is 5.75 Å². The fourth-order valence-electron chi connectivity index (χ4n) is 1.75. The van der Waals surface area contributed by atoms with Gasteiger partial charge in [0, 0.05) is 12.5 Å². The fraction of sp³-hybridized carbons (Fsp3) is 0.143. The van der Waals surface area contributed by atoms with Crippen LogP contribution in [0.1, 0.15) is 16.1 Å². The molecule has 0 aliphatic rings. The zero-order valence-electron chi connectivity index (χ0n) is 11.5. The van der Waals surface area contributed by atoms with Crippen LogP contribution in [-0.2, 0) is 15.6 Å². The Morgan fingerprint density at radius 3 is 2.59 bits per heavy atom. The average Bonchev–Trinajstić information content (AvgIpc) is 2.40. The highest BCUT2D eigenvalue weighted by atomic mass is 35.5. The molecular weight excluding hydrogens is 331 g/mol. The molecule has 1 N–H and O–H groups in total. The molecule has 0 saturated carbocycles. The first-order valence-electron chi connectivity index (χ1n) is 6.14. The molecule has 0 radical (unpaired) electrons. The number of carbonyl (C=O) groups is 1. The zero-order valence-corrected chi connectivity index (χ0v) is 13.1. The van der Waals surface area contributed by atoms with Gasteiger partial charge in [-0.2, -0.15) is 0 Å². The predicted molar refractivity (Wildman–Crippen MR) is 82.1 cm³/mol. The van der Waals surface area contributed by atoms with Crippen LogP contribution in [0.4, 0.5) is 10.1 Å². The molecular formula is C14H12ClFN2O3S. The van der Waals surface area contributed by atoms with Crippen molar-refractivity contribution in [3.63, 3.8) is 0 Å². The number of hydrogen-bond donors (Lipinski definition) is 1. The molecule has 2 rings (SSSR count). The first-order chi connectivity index (χ1) is 10.2. The first-order valence-corrected chi connectivity index (χ1v) is 8.57. The SMILES string of the molecule is CS(=O)(=O)Cc1ccc(NC(=O)c2ccc(Cl)cn2)c(F)c1. The number of sulfone groups is 1. The van der Waals surface area contributed by atoms with Crippen molar-refractivity contribution >= 4 is 33.0 Å². The van der Waals surface area contributed by atoms with Gasteiger partial charge in [-0.05, 0) is 29.8 Å². The molecule has 0 aliphatic carbocycles. The van der Waals surface area contributed by atoms with E-state index in [9.17, 15) is 17.6 Å². The van der Waals surface area contributed by atoms with Crippen molar-refractivity contribution in [1.29, 1.82) is 0 Å². The van der Waals surface area contributed by atoms with Gasteiger partial charge in [0.1, 0.15) is 11.5 Å². The summed E-state index contributed by atoms with van der Waals surface area (Å²) in [6.45, 7) is 0. The van der Waals surface area contributed by atoms with Crippen molar-refractivity contribution in [3.05, 3.63) is 58.6 Å². The lowest BCUT2D eigenvalue weighted by Crippen LogP contribution is -2.14. The number of aromatic nitrogens is 1. The van der Waals surface area contributed by atoms with Crippen molar-refractivity contribution < 1.29 is 17.6 Å². The number of carbonyl (C=O) groups excluding carboxylic acids is 1. The molecule has 0 atom stereocenters. The molecule has 116 valence electrons. The van der Waals surface area contributed by atoms with Crippen LogP contribution < -0.4 is 5.32 Å². The normalized spacial score (nSPS) is 11.2. The van der Waals surface area contributed by atoms with Gasteiger partial charge in [0.25, 0.3) is 5.91 Å². The minimum Gasteiger partial charge on any atom is -0.318 e. The maximum atomic E-state index is 13.9.